The molecule has 0 aromatic heterocycles. The Morgan fingerprint density at radius 3 is 2.23 bits per heavy atom. The third kappa shape index (κ3) is 3.19. The molecule has 0 unspecified atom stereocenters. The molecule has 1 heterocycles. The van der Waals surface area contributed by atoms with Crippen molar-refractivity contribution in [1.82, 2.24) is 0 Å². The second kappa shape index (κ2) is 6.41. The molecule has 1 aliphatic rings. The molecule has 5 atom stereocenters. The fraction of sp³-hybridized carbons (Fsp3) is 0.538. The first-order chi connectivity index (χ1) is 10.3. The Morgan fingerprint density at radius 1 is 1.14 bits per heavy atom. The van der Waals surface area contributed by atoms with Crippen molar-refractivity contribution >= 4 is 0 Å². The second-order valence-corrected chi connectivity index (χ2v) is 4.87. The number of halogens is 2. The molecule has 1 saturated heterocycles. The van der Waals surface area contributed by atoms with Crippen molar-refractivity contribution in [2.45, 2.75) is 36.8 Å². The topological polar surface area (TPSA) is 120 Å². The maximum atomic E-state index is 12.4. The standard InChI is InChI=1S/C13H16F2O7/c14-12(15)6-1-3-7(4-2-6)21-13(20)11(19)10(18)9(17)8(5-16)22-13/h1-4,8-12,16-20H,5H2/t8-,9-,10+,11-,13-/m1/s1. The van der Waals surface area contributed by atoms with E-state index in [1.54, 1.807) is 0 Å². The number of aliphatic hydroxyl groups is 5. The SMILES string of the molecule is OC[C@H]1O[C@](O)(Oc2ccc(C(F)F)cc2)[C@H](O)[C@@H](O)[C@@H]1O. The van der Waals surface area contributed by atoms with Gasteiger partial charge in [0.25, 0.3) is 6.43 Å². The Kier molecular flexibility index (Phi) is 4.95. The highest BCUT2D eigenvalue weighted by Gasteiger charge is 2.55. The normalized spacial score (nSPS) is 35.6. The van der Waals surface area contributed by atoms with Gasteiger partial charge in [-0.25, -0.2) is 8.78 Å². The molecule has 1 aliphatic heterocycles. The largest absolute Gasteiger partial charge is 0.437 e. The van der Waals surface area contributed by atoms with E-state index in [0.717, 1.165) is 24.3 Å². The number of aliphatic hydroxyl groups excluding tert-OH is 4. The van der Waals surface area contributed by atoms with Gasteiger partial charge in [0, 0.05) is 5.56 Å². The average Bonchev–Trinajstić information content (AvgIpc) is 2.49. The second-order valence-electron chi connectivity index (χ2n) is 4.87. The first kappa shape index (κ1) is 17.0. The van der Waals surface area contributed by atoms with Crippen LogP contribution in [0.15, 0.2) is 24.3 Å². The third-order valence-electron chi connectivity index (χ3n) is 3.32. The number of hydrogen-bond acceptors (Lipinski definition) is 7. The van der Waals surface area contributed by atoms with Crippen LogP contribution >= 0.6 is 0 Å². The van der Waals surface area contributed by atoms with Gasteiger partial charge in [0.15, 0.2) is 6.10 Å². The Balaban J connectivity index is 2.18. The highest BCUT2D eigenvalue weighted by Crippen LogP contribution is 2.31. The van der Waals surface area contributed by atoms with Crippen LogP contribution in [0.3, 0.4) is 0 Å². The predicted molar refractivity (Wildman–Crippen MR) is 67.0 cm³/mol. The molecule has 0 bridgehead atoms. The summed E-state index contributed by atoms with van der Waals surface area (Å²) >= 11 is 0. The molecule has 0 aliphatic carbocycles. The molecule has 1 aromatic carbocycles. The molecule has 0 radical (unpaired) electrons. The molecule has 0 amide bonds. The van der Waals surface area contributed by atoms with Crippen LogP contribution in [-0.4, -0.2) is 62.5 Å². The zero-order valence-electron chi connectivity index (χ0n) is 11.2. The summed E-state index contributed by atoms with van der Waals surface area (Å²) < 4.78 is 34.8. The molecule has 2 rings (SSSR count). The van der Waals surface area contributed by atoms with Crippen LogP contribution in [0.4, 0.5) is 8.78 Å². The maximum Gasteiger partial charge on any atom is 0.355 e. The van der Waals surface area contributed by atoms with Crippen molar-refractivity contribution in [2.75, 3.05) is 6.61 Å². The lowest BCUT2D eigenvalue weighted by Crippen LogP contribution is -2.67. The quantitative estimate of drug-likeness (QED) is 0.457. The lowest BCUT2D eigenvalue weighted by atomic mass is 9.98. The van der Waals surface area contributed by atoms with Crippen molar-refractivity contribution in [3.8, 4) is 5.75 Å². The lowest BCUT2D eigenvalue weighted by molar-refractivity contribution is -0.422. The van der Waals surface area contributed by atoms with Crippen LogP contribution in [0.1, 0.15) is 12.0 Å². The van der Waals surface area contributed by atoms with Crippen LogP contribution in [-0.2, 0) is 4.74 Å². The first-order valence-electron chi connectivity index (χ1n) is 6.41. The summed E-state index contributed by atoms with van der Waals surface area (Å²) in [5.41, 5.74) is -0.270. The van der Waals surface area contributed by atoms with Gasteiger partial charge in [-0.2, -0.15) is 0 Å². The molecular formula is C13H16F2O7. The molecule has 5 N–H and O–H groups in total. The average molecular weight is 322 g/mol. The lowest BCUT2D eigenvalue weighted by Gasteiger charge is -2.44. The molecule has 1 fully saturated rings. The maximum absolute atomic E-state index is 12.4. The van der Waals surface area contributed by atoms with Gasteiger partial charge in [-0.1, -0.05) is 0 Å². The van der Waals surface area contributed by atoms with E-state index < -0.39 is 43.4 Å². The molecule has 0 saturated carbocycles. The minimum Gasteiger partial charge on any atom is -0.437 e. The zero-order chi connectivity index (χ0) is 16.5. The van der Waals surface area contributed by atoms with E-state index in [-0.39, 0.29) is 11.3 Å². The predicted octanol–water partition coefficient (Wildman–Crippen LogP) is -0.877. The van der Waals surface area contributed by atoms with Crippen LogP contribution < -0.4 is 4.74 Å². The van der Waals surface area contributed by atoms with Gasteiger partial charge >= 0.3 is 5.97 Å². The summed E-state index contributed by atoms with van der Waals surface area (Å²) in [6, 6.07) is 4.32. The summed E-state index contributed by atoms with van der Waals surface area (Å²) in [4.78, 5) is 0. The van der Waals surface area contributed by atoms with E-state index in [9.17, 15) is 29.2 Å². The third-order valence-corrected chi connectivity index (χ3v) is 3.32. The van der Waals surface area contributed by atoms with Crippen LogP contribution in [0.5, 0.6) is 5.75 Å². The van der Waals surface area contributed by atoms with E-state index in [2.05, 4.69) is 0 Å². The zero-order valence-corrected chi connectivity index (χ0v) is 11.2. The van der Waals surface area contributed by atoms with Crippen LogP contribution in [0.2, 0.25) is 0 Å². The van der Waals surface area contributed by atoms with Gasteiger partial charge in [0.2, 0.25) is 0 Å². The Hall–Kier alpha value is -1.36. The Labute approximate surface area is 124 Å². The Bertz CT molecular complexity index is 496. The number of rotatable bonds is 4. The summed E-state index contributed by atoms with van der Waals surface area (Å²) in [6.07, 6.45) is -9.59. The number of hydrogen-bond donors (Lipinski definition) is 5. The molecule has 0 spiro atoms. The van der Waals surface area contributed by atoms with Gasteiger partial charge in [-0.05, 0) is 24.3 Å². The highest BCUT2D eigenvalue weighted by atomic mass is 19.3. The molecule has 124 valence electrons. The van der Waals surface area contributed by atoms with Crippen molar-refractivity contribution in [1.29, 1.82) is 0 Å². The fourth-order valence-corrected chi connectivity index (χ4v) is 2.06. The number of ether oxygens (including phenoxy) is 2. The van der Waals surface area contributed by atoms with Crippen molar-refractivity contribution in [2.24, 2.45) is 0 Å². The molecule has 9 heteroatoms. The molecule has 7 nitrogen and oxygen atoms in total. The van der Waals surface area contributed by atoms with E-state index >= 15 is 0 Å². The monoisotopic (exact) mass is 322 g/mol. The molecule has 1 aromatic rings. The van der Waals surface area contributed by atoms with Gasteiger partial charge < -0.3 is 35.0 Å². The smallest absolute Gasteiger partial charge is 0.355 e. The summed E-state index contributed by atoms with van der Waals surface area (Å²) in [7, 11) is 0. The molecular weight excluding hydrogens is 306 g/mol. The Morgan fingerprint density at radius 2 is 1.73 bits per heavy atom. The van der Waals surface area contributed by atoms with Crippen molar-refractivity contribution < 1.29 is 43.8 Å². The van der Waals surface area contributed by atoms with E-state index in [0.29, 0.717) is 0 Å². The highest BCUT2D eigenvalue weighted by molar-refractivity contribution is 5.28. The number of alkyl halides is 2. The summed E-state index contributed by atoms with van der Waals surface area (Å²) in [6.45, 7) is -0.749. The van der Waals surface area contributed by atoms with Gasteiger partial charge in [-0.15, -0.1) is 0 Å². The van der Waals surface area contributed by atoms with E-state index in [4.69, 9.17) is 14.6 Å². The van der Waals surface area contributed by atoms with Crippen molar-refractivity contribution in [3.05, 3.63) is 29.8 Å². The van der Waals surface area contributed by atoms with Gasteiger partial charge in [-0.3, -0.25) is 0 Å². The van der Waals surface area contributed by atoms with Gasteiger partial charge in [0.1, 0.15) is 24.1 Å². The molecule has 22 heavy (non-hydrogen) atoms. The summed E-state index contributed by atoms with van der Waals surface area (Å²) in [5, 5.41) is 48.1. The van der Waals surface area contributed by atoms with E-state index in [1.807, 2.05) is 0 Å². The van der Waals surface area contributed by atoms with E-state index in [1.165, 1.54) is 0 Å². The minimum atomic E-state index is -2.75. The fourth-order valence-electron chi connectivity index (χ4n) is 2.06. The summed E-state index contributed by atoms with van der Waals surface area (Å²) in [5.74, 6) is -2.87. The van der Waals surface area contributed by atoms with Crippen molar-refractivity contribution in [3.63, 3.8) is 0 Å². The minimum absolute atomic E-state index is 0.119. The number of benzene rings is 1. The van der Waals surface area contributed by atoms with Crippen LogP contribution in [0.25, 0.3) is 0 Å². The van der Waals surface area contributed by atoms with Gasteiger partial charge in [0.05, 0.1) is 6.61 Å². The van der Waals surface area contributed by atoms with Crippen LogP contribution in [0, 0.1) is 0 Å². The first-order valence-corrected chi connectivity index (χ1v) is 6.41.